The Hall–Kier alpha value is -2.34. The zero-order valence-corrected chi connectivity index (χ0v) is 19.9. The number of para-hydroxylation sites is 1. The molecule has 172 valence electrons. The first-order valence-electron chi connectivity index (χ1n) is 12.5. The maximum atomic E-state index is 4.76. The predicted octanol–water partition coefficient (Wildman–Crippen LogP) is 5.17. The molecule has 6 nitrogen and oxygen atoms in total. The first kappa shape index (κ1) is 21.5. The van der Waals surface area contributed by atoms with E-state index in [0.717, 1.165) is 48.4 Å². The number of H-pyrrole nitrogens is 1. The molecular formula is C26H38N6. The number of rotatable bonds is 7. The molecule has 0 bridgehead atoms. The molecule has 1 aromatic carbocycles. The van der Waals surface area contributed by atoms with Crippen LogP contribution in [-0.4, -0.2) is 57.4 Å². The maximum absolute atomic E-state index is 4.76. The van der Waals surface area contributed by atoms with Crippen LogP contribution in [0.15, 0.2) is 30.5 Å². The van der Waals surface area contributed by atoms with Crippen molar-refractivity contribution in [2.45, 2.75) is 65.0 Å². The number of anilines is 1. The molecule has 2 fully saturated rings. The number of nitrogens with one attached hydrogen (secondary N) is 1. The van der Waals surface area contributed by atoms with Crippen molar-refractivity contribution in [2.24, 2.45) is 11.8 Å². The van der Waals surface area contributed by atoms with Crippen LogP contribution in [0.3, 0.4) is 0 Å². The smallest absolute Gasteiger partial charge is 0.227 e. The zero-order chi connectivity index (χ0) is 22.1. The molecule has 1 aliphatic heterocycles. The lowest BCUT2D eigenvalue weighted by Gasteiger charge is -2.36. The summed E-state index contributed by atoms with van der Waals surface area (Å²) in [6.45, 7) is 9.08. The number of hydrogen-bond donors (Lipinski definition) is 1. The quantitative estimate of drug-likeness (QED) is 0.557. The molecule has 32 heavy (non-hydrogen) atoms. The van der Waals surface area contributed by atoms with Crippen LogP contribution < -0.4 is 4.90 Å². The van der Waals surface area contributed by atoms with E-state index in [1.54, 1.807) is 0 Å². The lowest BCUT2D eigenvalue weighted by Crippen LogP contribution is -2.41. The summed E-state index contributed by atoms with van der Waals surface area (Å²) in [7, 11) is 2.21. The molecule has 1 aliphatic carbocycles. The number of aromatic nitrogens is 4. The normalized spacial score (nSPS) is 20.6. The fraction of sp³-hybridized carbons (Fsp3) is 0.615. The third-order valence-corrected chi connectivity index (χ3v) is 7.63. The Morgan fingerprint density at radius 3 is 2.66 bits per heavy atom. The van der Waals surface area contributed by atoms with Gasteiger partial charge in [-0.25, -0.2) is 0 Å². The second kappa shape index (κ2) is 9.26. The van der Waals surface area contributed by atoms with Gasteiger partial charge in [-0.2, -0.15) is 0 Å². The summed E-state index contributed by atoms with van der Waals surface area (Å²) < 4.78 is 2.42. The highest BCUT2D eigenvalue weighted by molar-refractivity contribution is 5.93. The van der Waals surface area contributed by atoms with Crippen LogP contribution in [-0.2, 0) is 6.54 Å². The fourth-order valence-electron chi connectivity index (χ4n) is 5.84. The molecule has 2 aliphatic rings. The minimum Gasteiger partial charge on any atom is -0.360 e. The van der Waals surface area contributed by atoms with Crippen LogP contribution >= 0.6 is 0 Å². The Kier molecular flexibility index (Phi) is 6.22. The summed E-state index contributed by atoms with van der Waals surface area (Å²) in [6.07, 6.45) is 10.1. The number of likely N-dealkylation sites (tertiary alicyclic amines) is 1. The molecule has 1 N–H and O–H groups in total. The van der Waals surface area contributed by atoms with E-state index >= 15 is 0 Å². The molecular weight excluding hydrogens is 396 g/mol. The van der Waals surface area contributed by atoms with E-state index in [1.807, 2.05) is 0 Å². The number of piperidine rings is 1. The standard InChI is InChI=1S/C26H38N6/c1-19(2)31-14-8-11-21(17-31)18-32-25(23-15-27-24-13-7-6-12-22(23)24)28-29-26(32)30(3)16-20-9-4-5-10-20/h6-7,12-13,15,19-21,27H,4-5,8-11,14,16-18H2,1-3H3. The second-order valence-electron chi connectivity index (χ2n) is 10.3. The van der Waals surface area contributed by atoms with Gasteiger partial charge in [0.1, 0.15) is 0 Å². The number of hydrogen-bond acceptors (Lipinski definition) is 4. The van der Waals surface area contributed by atoms with Crippen LogP contribution in [0.4, 0.5) is 5.95 Å². The van der Waals surface area contributed by atoms with Crippen molar-refractivity contribution in [2.75, 3.05) is 31.6 Å². The van der Waals surface area contributed by atoms with Gasteiger partial charge in [0.05, 0.1) is 0 Å². The molecule has 3 heterocycles. The molecule has 3 aromatic rings. The van der Waals surface area contributed by atoms with E-state index in [2.05, 4.69) is 70.7 Å². The van der Waals surface area contributed by atoms with Gasteiger partial charge in [0.25, 0.3) is 0 Å². The van der Waals surface area contributed by atoms with Crippen LogP contribution in [0.25, 0.3) is 22.3 Å². The average Bonchev–Trinajstić information content (AvgIpc) is 3.54. The van der Waals surface area contributed by atoms with Crippen molar-refractivity contribution in [3.05, 3.63) is 30.5 Å². The van der Waals surface area contributed by atoms with Crippen LogP contribution in [0.5, 0.6) is 0 Å². The summed E-state index contributed by atoms with van der Waals surface area (Å²) in [4.78, 5) is 8.43. The molecule has 1 saturated heterocycles. The molecule has 0 amide bonds. The molecule has 0 radical (unpaired) electrons. The summed E-state index contributed by atoms with van der Waals surface area (Å²) in [5.41, 5.74) is 2.31. The Labute approximate surface area is 192 Å². The maximum Gasteiger partial charge on any atom is 0.227 e. The molecule has 0 spiro atoms. The predicted molar refractivity (Wildman–Crippen MR) is 132 cm³/mol. The van der Waals surface area contributed by atoms with Gasteiger partial charge in [-0.05, 0) is 64.0 Å². The van der Waals surface area contributed by atoms with E-state index in [9.17, 15) is 0 Å². The van der Waals surface area contributed by atoms with Gasteiger partial charge < -0.3 is 14.8 Å². The van der Waals surface area contributed by atoms with Crippen molar-refractivity contribution in [3.8, 4) is 11.4 Å². The van der Waals surface area contributed by atoms with E-state index in [0.29, 0.717) is 12.0 Å². The van der Waals surface area contributed by atoms with Crippen molar-refractivity contribution in [1.82, 2.24) is 24.6 Å². The third kappa shape index (κ3) is 4.29. The third-order valence-electron chi connectivity index (χ3n) is 7.63. The zero-order valence-electron chi connectivity index (χ0n) is 19.9. The topological polar surface area (TPSA) is 53.0 Å². The molecule has 5 rings (SSSR count). The summed E-state index contributed by atoms with van der Waals surface area (Å²) >= 11 is 0. The van der Waals surface area contributed by atoms with E-state index in [4.69, 9.17) is 10.2 Å². The van der Waals surface area contributed by atoms with Crippen molar-refractivity contribution < 1.29 is 0 Å². The van der Waals surface area contributed by atoms with Crippen molar-refractivity contribution >= 4 is 16.9 Å². The van der Waals surface area contributed by atoms with Crippen molar-refractivity contribution in [3.63, 3.8) is 0 Å². The van der Waals surface area contributed by atoms with Gasteiger partial charge in [-0.3, -0.25) is 4.57 Å². The van der Waals surface area contributed by atoms with Gasteiger partial charge in [0.15, 0.2) is 5.82 Å². The second-order valence-corrected chi connectivity index (χ2v) is 10.3. The average molecular weight is 435 g/mol. The lowest BCUT2D eigenvalue weighted by molar-refractivity contribution is 0.131. The number of nitrogens with zero attached hydrogens (tertiary/aromatic N) is 5. The van der Waals surface area contributed by atoms with Gasteiger partial charge >= 0.3 is 0 Å². The number of fused-ring (bicyclic) bond motifs is 1. The Morgan fingerprint density at radius 1 is 1.06 bits per heavy atom. The SMILES string of the molecule is CC(C)N1CCCC(Cn2c(-c3c[nH]c4ccccc34)nnc2N(C)CC2CCCC2)C1. The van der Waals surface area contributed by atoms with Crippen LogP contribution in [0.2, 0.25) is 0 Å². The van der Waals surface area contributed by atoms with Crippen LogP contribution in [0, 0.1) is 11.8 Å². The minimum absolute atomic E-state index is 0.608. The summed E-state index contributed by atoms with van der Waals surface area (Å²) in [5.74, 6) is 3.44. The highest BCUT2D eigenvalue weighted by atomic mass is 15.4. The first-order valence-corrected chi connectivity index (χ1v) is 12.5. The van der Waals surface area contributed by atoms with E-state index < -0.39 is 0 Å². The first-order chi connectivity index (χ1) is 15.6. The van der Waals surface area contributed by atoms with Gasteiger partial charge in [0.2, 0.25) is 5.95 Å². The monoisotopic (exact) mass is 434 g/mol. The molecule has 1 atom stereocenters. The lowest BCUT2D eigenvalue weighted by atomic mass is 9.96. The molecule has 1 saturated carbocycles. The largest absolute Gasteiger partial charge is 0.360 e. The van der Waals surface area contributed by atoms with Crippen molar-refractivity contribution in [1.29, 1.82) is 0 Å². The Morgan fingerprint density at radius 2 is 1.84 bits per heavy atom. The van der Waals surface area contributed by atoms with Gasteiger partial charge in [0, 0.05) is 55.4 Å². The minimum atomic E-state index is 0.608. The summed E-state index contributed by atoms with van der Waals surface area (Å²) in [6, 6.07) is 9.11. The molecule has 1 unspecified atom stereocenters. The fourth-order valence-corrected chi connectivity index (χ4v) is 5.84. The Balaban J connectivity index is 1.48. The van der Waals surface area contributed by atoms with Crippen LogP contribution in [0.1, 0.15) is 52.4 Å². The Bertz CT molecular complexity index is 1030. The van der Waals surface area contributed by atoms with Gasteiger partial charge in [-0.1, -0.05) is 31.0 Å². The highest BCUT2D eigenvalue weighted by Crippen LogP contribution is 2.33. The highest BCUT2D eigenvalue weighted by Gasteiger charge is 2.27. The number of benzene rings is 1. The van der Waals surface area contributed by atoms with E-state index in [1.165, 1.54) is 50.5 Å². The summed E-state index contributed by atoms with van der Waals surface area (Å²) in [5, 5.41) is 10.7. The number of aromatic amines is 1. The molecule has 2 aromatic heterocycles. The van der Waals surface area contributed by atoms with E-state index in [-0.39, 0.29) is 0 Å². The molecule has 6 heteroatoms. The van der Waals surface area contributed by atoms with Gasteiger partial charge in [-0.15, -0.1) is 10.2 Å².